The molecule has 110 valence electrons. The second-order valence-corrected chi connectivity index (χ2v) is 5.79. The van der Waals surface area contributed by atoms with Crippen LogP contribution in [-0.4, -0.2) is 30.4 Å². The Bertz CT molecular complexity index is 462. The number of nitrogens with zero attached hydrogens (tertiary/aromatic N) is 1. The molecule has 0 spiro atoms. The maximum Gasteiger partial charge on any atom is 0.223 e. The van der Waals surface area contributed by atoms with Crippen LogP contribution < -0.4 is 5.32 Å². The minimum Gasteiger partial charge on any atom is -0.333 e. The molecule has 1 aliphatic rings. The Balaban J connectivity index is 2.10. The predicted molar refractivity (Wildman–Crippen MR) is 77.8 cm³/mol. The van der Waals surface area contributed by atoms with Crippen LogP contribution >= 0.6 is 0 Å². The van der Waals surface area contributed by atoms with E-state index in [-0.39, 0.29) is 17.8 Å². The van der Waals surface area contributed by atoms with Gasteiger partial charge < -0.3 is 10.2 Å². The first kappa shape index (κ1) is 15.0. The molecule has 1 aliphatic heterocycles. The van der Waals surface area contributed by atoms with Crippen molar-refractivity contribution in [2.45, 2.75) is 32.7 Å². The second-order valence-electron chi connectivity index (χ2n) is 5.79. The normalized spacial score (nSPS) is 19.4. The molecule has 0 bridgehead atoms. The van der Waals surface area contributed by atoms with Crippen LogP contribution in [0.2, 0.25) is 0 Å². The lowest BCUT2D eigenvalue weighted by molar-refractivity contribution is -0.134. The zero-order chi connectivity index (χ0) is 14.5. The van der Waals surface area contributed by atoms with Crippen molar-refractivity contribution in [2.24, 2.45) is 5.92 Å². The van der Waals surface area contributed by atoms with Crippen molar-refractivity contribution < 1.29 is 9.18 Å². The zero-order valence-corrected chi connectivity index (χ0v) is 12.2. The van der Waals surface area contributed by atoms with Gasteiger partial charge in [-0.25, -0.2) is 4.39 Å². The Hall–Kier alpha value is -1.42. The first-order chi connectivity index (χ1) is 9.58. The summed E-state index contributed by atoms with van der Waals surface area (Å²) < 4.78 is 13.4. The average molecular weight is 278 g/mol. The summed E-state index contributed by atoms with van der Waals surface area (Å²) in [6.45, 7) is 6.43. The molecule has 2 rings (SSSR count). The Morgan fingerprint density at radius 1 is 1.50 bits per heavy atom. The molecule has 1 aromatic rings. The number of hydrogen-bond donors (Lipinski definition) is 1. The van der Waals surface area contributed by atoms with Crippen LogP contribution in [-0.2, 0) is 4.79 Å². The number of rotatable bonds is 4. The highest BCUT2D eigenvalue weighted by Gasteiger charge is 2.27. The summed E-state index contributed by atoms with van der Waals surface area (Å²) in [5, 5.41) is 3.29. The van der Waals surface area contributed by atoms with E-state index in [1.807, 2.05) is 11.0 Å². The standard InChI is InChI=1S/C16H23FN2O/c1-12(2)6-7-16(20)19-9-8-18-11-15(19)13-4-3-5-14(17)10-13/h3-5,10,12,15,18H,6-9,11H2,1-2H3. The third-order valence-electron chi connectivity index (χ3n) is 3.73. The molecule has 3 nitrogen and oxygen atoms in total. The number of carbonyl (C=O) groups excluding carboxylic acids is 1. The van der Waals surface area contributed by atoms with Gasteiger partial charge in [0.15, 0.2) is 0 Å². The van der Waals surface area contributed by atoms with Gasteiger partial charge in [0.1, 0.15) is 5.82 Å². The topological polar surface area (TPSA) is 32.3 Å². The second kappa shape index (κ2) is 6.84. The van der Waals surface area contributed by atoms with E-state index in [0.717, 1.165) is 18.5 Å². The van der Waals surface area contributed by atoms with Crippen molar-refractivity contribution >= 4 is 5.91 Å². The van der Waals surface area contributed by atoms with Gasteiger partial charge in [-0.05, 0) is 30.0 Å². The maximum atomic E-state index is 13.4. The number of hydrogen-bond acceptors (Lipinski definition) is 2. The van der Waals surface area contributed by atoms with Gasteiger partial charge >= 0.3 is 0 Å². The Labute approximate surface area is 120 Å². The lowest BCUT2D eigenvalue weighted by Crippen LogP contribution is -2.48. The van der Waals surface area contributed by atoms with E-state index in [9.17, 15) is 9.18 Å². The lowest BCUT2D eigenvalue weighted by atomic mass is 10.0. The van der Waals surface area contributed by atoms with Gasteiger partial charge in [-0.1, -0.05) is 26.0 Å². The van der Waals surface area contributed by atoms with Crippen molar-refractivity contribution in [3.63, 3.8) is 0 Å². The molecule has 4 heteroatoms. The summed E-state index contributed by atoms with van der Waals surface area (Å²) in [6.07, 6.45) is 1.47. The minimum absolute atomic E-state index is 0.0564. The number of amides is 1. The van der Waals surface area contributed by atoms with Crippen LogP contribution in [0.1, 0.15) is 38.3 Å². The summed E-state index contributed by atoms with van der Waals surface area (Å²) in [6, 6.07) is 6.50. The van der Waals surface area contributed by atoms with E-state index in [2.05, 4.69) is 19.2 Å². The molecule has 1 heterocycles. The third-order valence-corrected chi connectivity index (χ3v) is 3.73. The molecule has 1 N–H and O–H groups in total. The fourth-order valence-corrected chi connectivity index (χ4v) is 2.57. The van der Waals surface area contributed by atoms with Gasteiger partial charge in [0.25, 0.3) is 0 Å². The highest BCUT2D eigenvalue weighted by atomic mass is 19.1. The van der Waals surface area contributed by atoms with Crippen LogP contribution in [0.3, 0.4) is 0 Å². The lowest BCUT2D eigenvalue weighted by Gasteiger charge is -2.37. The largest absolute Gasteiger partial charge is 0.333 e. The Morgan fingerprint density at radius 3 is 3.00 bits per heavy atom. The zero-order valence-electron chi connectivity index (χ0n) is 12.2. The van der Waals surface area contributed by atoms with Gasteiger partial charge in [-0.15, -0.1) is 0 Å². The van der Waals surface area contributed by atoms with Gasteiger partial charge in [-0.3, -0.25) is 4.79 Å². The first-order valence-corrected chi connectivity index (χ1v) is 7.33. The van der Waals surface area contributed by atoms with E-state index in [1.54, 1.807) is 6.07 Å². The van der Waals surface area contributed by atoms with Crippen molar-refractivity contribution in [1.82, 2.24) is 10.2 Å². The van der Waals surface area contributed by atoms with Crippen molar-refractivity contribution in [3.8, 4) is 0 Å². The molecule has 0 radical (unpaired) electrons. The molecule has 1 aromatic carbocycles. The molecular formula is C16H23FN2O. The molecule has 20 heavy (non-hydrogen) atoms. The minimum atomic E-state index is -0.248. The van der Waals surface area contributed by atoms with Crippen molar-refractivity contribution in [3.05, 3.63) is 35.6 Å². The van der Waals surface area contributed by atoms with E-state index >= 15 is 0 Å². The van der Waals surface area contributed by atoms with Gasteiger partial charge in [0, 0.05) is 26.1 Å². The van der Waals surface area contributed by atoms with Crippen LogP contribution in [0.25, 0.3) is 0 Å². The van der Waals surface area contributed by atoms with Crippen LogP contribution in [0, 0.1) is 11.7 Å². The summed E-state index contributed by atoms with van der Waals surface area (Å²) in [4.78, 5) is 14.3. The summed E-state index contributed by atoms with van der Waals surface area (Å²) in [5.41, 5.74) is 0.870. The molecule has 1 saturated heterocycles. The van der Waals surface area contributed by atoms with Crippen LogP contribution in [0.15, 0.2) is 24.3 Å². The number of piperazine rings is 1. The summed E-state index contributed by atoms with van der Waals surface area (Å²) in [7, 11) is 0. The molecule has 0 aliphatic carbocycles. The van der Waals surface area contributed by atoms with E-state index < -0.39 is 0 Å². The van der Waals surface area contributed by atoms with Gasteiger partial charge in [0.2, 0.25) is 5.91 Å². The highest BCUT2D eigenvalue weighted by molar-refractivity contribution is 5.77. The first-order valence-electron chi connectivity index (χ1n) is 7.33. The fourth-order valence-electron chi connectivity index (χ4n) is 2.57. The smallest absolute Gasteiger partial charge is 0.223 e. The third kappa shape index (κ3) is 3.79. The quantitative estimate of drug-likeness (QED) is 0.918. The summed E-state index contributed by atoms with van der Waals surface area (Å²) in [5.74, 6) is 0.451. The number of nitrogens with one attached hydrogen (secondary N) is 1. The number of carbonyl (C=O) groups is 1. The molecule has 0 aromatic heterocycles. The molecule has 1 atom stereocenters. The van der Waals surface area contributed by atoms with Crippen molar-refractivity contribution in [2.75, 3.05) is 19.6 Å². The maximum absolute atomic E-state index is 13.4. The van der Waals surface area contributed by atoms with Crippen LogP contribution in [0.5, 0.6) is 0 Å². The Kier molecular flexibility index (Phi) is 5.12. The van der Waals surface area contributed by atoms with E-state index in [4.69, 9.17) is 0 Å². The monoisotopic (exact) mass is 278 g/mol. The predicted octanol–water partition coefficient (Wildman–Crippen LogP) is 2.73. The highest BCUT2D eigenvalue weighted by Crippen LogP contribution is 2.24. The molecule has 0 saturated carbocycles. The SMILES string of the molecule is CC(C)CCC(=O)N1CCNCC1c1cccc(F)c1. The number of halogens is 1. The molecular weight excluding hydrogens is 255 g/mol. The van der Waals surface area contributed by atoms with Gasteiger partial charge in [-0.2, -0.15) is 0 Å². The van der Waals surface area contributed by atoms with Gasteiger partial charge in [0.05, 0.1) is 6.04 Å². The Morgan fingerprint density at radius 2 is 2.30 bits per heavy atom. The van der Waals surface area contributed by atoms with Crippen molar-refractivity contribution in [1.29, 1.82) is 0 Å². The fraction of sp³-hybridized carbons (Fsp3) is 0.562. The van der Waals surface area contributed by atoms with E-state index in [0.29, 0.717) is 25.4 Å². The average Bonchev–Trinajstić information content (AvgIpc) is 2.44. The van der Waals surface area contributed by atoms with E-state index in [1.165, 1.54) is 12.1 Å². The molecule has 1 amide bonds. The molecule has 1 unspecified atom stereocenters. The number of benzene rings is 1. The summed E-state index contributed by atoms with van der Waals surface area (Å²) >= 11 is 0. The van der Waals surface area contributed by atoms with Crippen LogP contribution in [0.4, 0.5) is 4.39 Å². The molecule has 1 fully saturated rings.